The lowest BCUT2D eigenvalue weighted by molar-refractivity contribution is -0.139. The van der Waals surface area contributed by atoms with Crippen molar-refractivity contribution in [2.75, 3.05) is 6.61 Å². The van der Waals surface area contributed by atoms with Crippen molar-refractivity contribution in [2.24, 2.45) is 0 Å². The second kappa shape index (κ2) is 12.7. The lowest BCUT2D eigenvalue weighted by Crippen LogP contribution is -2.37. The van der Waals surface area contributed by atoms with Crippen molar-refractivity contribution in [3.63, 3.8) is 0 Å². The molecule has 0 aliphatic carbocycles. The Hall–Kier alpha value is -4.72. The molecule has 39 heavy (non-hydrogen) atoms. The number of aromatic nitrogens is 1. The Morgan fingerprint density at radius 2 is 1.74 bits per heavy atom. The lowest BCUT2D eigenvalue weighted by Gasteiger charge is -2.16. The highest BCUT2D eigenvalue weighted by Crippen LogP contribution is 2.22. The van der Waals surface area contributed by atoms with Gasteiger partial charge in [-0.2, -0.15) is 0 Å². The summed E-state index contributed by atoms with van der Waals surface area (Å²) in [6.07, 6.45) is 1.95. The maximum Gasteiger partial charge on any atom is 0.326 e. The molecule has 1 atom stereocenters. The molecule has 4 aromatic rings. The van der Waals surface area contributed by atoms with E-state index in [4.69, 9.17) is 9.15 Å². The molecule has 4 rings (SSSR count). The van der Waals surface area contributed by atoms with E-state index >= 15 is 0 Å². The number of benzene rings is 3. The zero-order chi connectivity index (χ0) is 27.8. The largest absolute Gasteiger partial charge is 0.493 e. The first-order chi connectivity index (χ1) is 18.8. The molecular weight excluding hydrogens is 499 g/mol. The number of oxazole rings is 1. The van der Waals surface area contributed by atoms with Crippen molar-refractivity contribution in [1.29, 1.82) is 0 Å². The van der Waals surface area contributed by atoms with Crippen LogP contribution in [0.1, 0.15) is 34.3 Å². The fourth-order valence-corrected chi connectivity index (χ4v) is 4.04. The van der Waals surface area contributed by atoms with Crippen molar-refractivity contribution in [3.05, 3.63) is 119 Å². The number of nitrogens with zero attached hydrogens (tertiary/aromatic N) is 1. The second-order valence-corrected chi connectivity index (χ2v) is 9.04. The van der Waals surface area contributed by atoms with E-state index in [1.807, 2.05) is 37.3 Å². The number of hydrogen-bond donors (Lipinski definition) is 2. The second-order valence-electron chi connectivity index (χ2n) is 9.04. The van der Waals surface area contributed by atoms with E-state index in [0.717, 1.165) is 22.6 Å². The number of ether oxygens (including phenoxy) is 1. The molecule has 0 fully saturated rings. The van der Waals surface area contributed by atoms with Gasteiger partial charge in [-0.3, -0.25) is 4.79 Å². The van der Waals surface area contributed by atoms with Gasteiger partial charge in [0.2, 0.25) is 5.89 Å². The average molecular weight is 529 g/mol. The van der Waals surface area contributed by atoms with E-state index in [9.17, 15) is 19.1 Å². The zero-order valence-corrected chi connectivity index (χ0v) is 21.7. The molecule has 0 saturated heterocycles. The van der Waals surface area contributed by atoms with Crippen LogP contribution >= 0.6 is 0 Å². The Balaban J connectivity index is 1.31. The molecule has 1 heterocycles. The summed E-state index contributed by atoms with van der Waals surface area (Å²) < 4.78 is 25.5. The highest BCUT2D eigenvalue weighted by molar-refractivity contribution is 6.05. The Bertz CT molecular complexity index is 1460. The third-order valence-electron chi connectivity index (χ3n) is 6.07. The van der Waals surface area contributed by atoms with Gasteiger partial charge >= 0.3 is 5.97 Å². The van der Waals surface area contributed by atoms with E-state index in [1.54, 1.807) is 37.3 Å². The maximum absolute atomic E-state index is 13.9. The number of rotatable bonds is 12. The Morgan fingerprint density at radius 3 is 2.44 bits per heavy atom. The lowest BCUT2D eigenvalue weighted by atomic mass is 10.0. The van der Waals surface area contributed by atoms with Crippen LogP contribution in [0, 0.1) is 12.7 Å². The molecule has 0 amide bonds. The molecule has 0 spiro atoms. The highest BCUT2D eigenvalue weighted by atomic mass is 19.1. The molecule has 1 aromatic heterocycles. The first-order valence-electron chi connectivity index (χ1n) is 12.5. The van der Waals surface area contributed by atoms with Crippen molar-refractivity contribution < 1.29 is 28.2 Å². The normalized spacial score (nSPS) is 12.1. The Morgan fingerprint density at radius 1 is 1.05 bits per heavy atom. The molecule has 2 N–H and O–H groups in total. The van der Waals surface area contributed by atoms with Crippen LogP contribution in [0.25, 0.3) is 11.5 Å². The molecule has 200 valence electrons. The molecule has 1 unspecified atom stereocenters. The van der Waals surface area contributed by atoms with Gasteiger partial charge in [-0.15, -0.1) is 0 Å². The van der Waals surface area contributed by atoms with Gasteiger partial charge in [0.1, 0.15) is 23.4 Å². The number of carbonyl (C=O) groups excluding carboxylic acids is 1. The van der Waals surface area contributed by atoms with Crippen molar-refractivity contribution in [2.45, 2.75) is 32.7 Å². The van der Waals surface area contributed by atoms with Gasteiger partial charge < -0.3 is 19.6 Å². The molecule has 0 saturated carbocycles. The Labute approximate surface area is 226 Å². The number of carboxylic acid groups (broad SMARTS) is 1. The van der Waals surface area contributed by atoms with Crippen LogP contribution < -0.4 is 10.1 Å². The van der Waals surface area contributed by atoms with Gasteiger partial charge in [-0.25, -0.2) is 14.2 Å². The van der Waals surface area contributed by atoms with Crippen LogP contribution in [0.3, 0.4) is 0 Å². The predicted octanol–water partition coefficient (Wildman–Crippen LogP) is 5.78. The standard InChI is InChI=1S/C31H29FN2O5/c1-20(18-29(35)25-10-6-7-11-26(25)32)33-28(31(36)37)19-22-12-14-24(15-13-22)38-17-16-27-21(2)39-30(34-27)23-8-4-3-5-9-23/h3-15,18,28,33H,16-17,19H2,1-2H3,(H,36,37)/b20-18-. The Kier molecular flexibility index (Phi) is 8.89. The summed E-state index contributed by atoms with van der Waals surface area (Å²) in [6, 6.07) is 21.5. The topological polar surface area (TPSA) is 102 Å². The van der Waals surface area contributed by atoms with Crippen LogP contribution in [0.2, 0.25) is 0 Å². The number of hydrogen-bond acceptors (Lipinski definition) is 6. The number of halogens is 1. The fourth-order valence-electron chi connectivity index (χ4n) is 4.04. The van der Waals surface area contributed by atoms with Crippen molar-refractivity contribution >= 4 is 11.8 Å². The van der Waals surface area contributed by atoms with Crippen LogP contribution in [-0.2, 0) is 17.6 Å². The summed E-state index contributed by atoms with van der Waals surface area (Å²) in [7, 11) is 0. The highest BCUT2D eigenvalue weighted by Gasteiger charge is 2.19. The van der Waals surface area contributed by atoms with Gasteiger partial charge in [0.05, 0.1) is 17.9 Å². The van der Waals surface area contributed by atoms with Crippen LogP contribution in [0.4, 0.5) is 4.39 Å². The predicted molar refractivity (Wildman–Crippen MR) is 145 cm³/mol. The number of carboxylic acids is 1. The van der Waals surface area contributed by atoms with E-state index in [2.05, 4.69) is 10.3 Å². The molecule has 8 heteroatoms. The van der Waals surface area contributed by atoms with Crippen molar-refractivity contribution in [1.82, 2.24) is 10.3 Å². The first-order valence-corrected chi connectivity index (χ1v) is 12.5. The molecule has 7 nitrogen and oxygen atoms in total. The number of aliphatic carboxylic acids is 1. The zero-order valence-electron chi connectivity index (χ0n) is 21.7. The van der Waals surface area contributed by atoms with Gasteiger partial charge in [0.15, 0.2) is 5.78 Å². The summed E-state index contributed by atoms with van der Waals surface area (Å²) in [6.45, 7) is 3.86. The van der Waals surface area contributed by atoms with E-state index in [-0.39, 0.29) is 12.0 Å². The number of nitrogens with one attached hydrogen (secondary N) is 1. The molecule has 3 aromatic carbocycles. The average Bonchev–Trinajstić information content (AvgIpc) is 3.30. The summed E-state index contributed by atoms with van der Waals surface area (Å²) in [5.74, 6) is -0.262. The van der Waals surface area contributed by atoms with Crippen LogP contribution in [0.5, 0.6) is 5.75 Å². The number of carbonyl (C=O) groups is 2. The quantitative estimate of drug-likeness (QED) is 0.177. The minimum atomic E-state index is -1.07. The molecule has 0 aliphatic rings. The third kappa shape index (κ3) is 7.41. The first kappa shape index (κ1) is 27.3. The van der Waals surface area contributed by atoms with Crippen molar-refractivity contribution in [3.8, 4) is 17.2 Å². The number of allylic oxidation sites excluding steroid dienone is 2. The maximum atomic E-state index is 13.9. The summed E-state index contributed by atoms with van der Waals surface area (Å²) >= 11 is 0. The molecule has 0 aliphatic heterocycles. The molecular formula is C31H29FN2O5. The van der Waals surface area contributed by atoms with E-state index < -0.39 is 23.6 Å². The monoisotopic (exact) mass is 528 g/mol. The van der Waals surface area contributed by atoms with E-state index in [0.29, 0.717) is 30.4 Å². The smallest absolute Gasteiger partial charge is 0.326 e. The van der Waals surface area contributed by atoms with Gasteiger partial charge in [0, 0.05) is 30.2 Å². The minimum Gasteiger partial charge on any atom is -0.493 e. The van der Waals surface area contributed by atoms with Crippen LogP contribution in [0.15, 0.2) is 95.1 Å². The number of aryl methyl sites for hydroxylation is 1. The molecule has 0 bridgehead atoms. The molecule has 0 radical (unpaired) electrons. The number of ketones is 1. The van der Waals surface area contributed by atoms with Gasteiger partial charge in [0.25, 0.3) is 0 Å². The summed E-state index contributed by atoms with van der Waals surface area (Å²) in [5.41, 5.74) is 2.78. The van der Waals surface area contributed by atoms with E-state index in [1.165, 1.54) is 24.3 Å². The summed E-state index contributed by atoms with van der Waals surface area (Å²) in [4.78, 5) is 28.8. The van der Waals surface area contributed by atoms with Gasteiger partial charge in [-0.1, -0.05) is 42.5 Å². The minimum absolute atomic E-state index is 0.0727. The fraction of sp³-hybridized carbons (Fsp3) is 0.194. The van der Waals surface area contributed by atoms with Crippen LogP contribution in [-0.4, -0.2) is 34.5 Å². The van der Waals surface area contributed by atoms with Gasteiger partial charge in [-0.05, 0) is 55.8 Å². The SMILES string of the molecule is C/C(=C/C(=O)c1ccccc1F)NC(Cc1ccc(OCCc2nc(-c3ccccc3)oc2C)cc1)C(=O)O. The third-order valence-corrected chi connectivity index (χ3v) is 6.07. The summed E-state index contributed by atoms with van der Waals surface area (Å²) in [5, 5.41) is 12.5.